The Morgan fingerprint density at radius 2 is 1.65 bits per heavy atom. The van der Waals surface area contributed by atoms with Crippen molar-refractivity contribution in [1.82, 2.24) is 24.2 Å². The molecule has 1 aliphatic heterocycles. The van der Waals surface area contributed by atoms with Crippen molar-refractivity contribution >= 4 is 27.0 Å². The van der Waals surface area contributed by atoms with E-state index in [0.29, 0.717) is 66.3 Å². The van der Waals surface area contributed by atoms with Gasteiger partial charge in [-0.15, -0.1) is 0 Å². The number of alkyl halides is 2. The van der Waals surface area contributed by atoms with Crippen LogP contribution in [-0.2, 0) is 21.2 Å². The van der Waals surface area contributed by atoms with E-state index in [1.165, 1.54) is 4.57 Å². The number of hydrogen-bond donors (Lipinski definition) is 1. The van der Waals surface area contributed by atoms with Crippen LogP contribution in [0.1, 0.15) is 56.5 Å². The molecule has 0 radical (unpaired) electrons. The summed E-state index contributed by atoms with van der Waals surface area (Å²) < 4.78 is 63.5. The largest absolute Gasteiger partial charge is 0.378 e. The predicted octanol–water partition coefficient (Wildman–Crippen LogP) is 5.45. The monoisotopic (exact) mass is 610 g/mol. The average Bonchev–Trinajstić information content (AvgIpc) is 3.43. The number of aryl methyl sites for hydroxylation is 1. The highest BCUT2D eigenvalue weighted by Crippen LogP contribution is 2.31. The van der Waals surface area contributed by atoms with E-state index in [0.717, 1.165) is 44.2 Å². The van der Waals surface area contributed by atoms with Gasteiger partial charge in [0.1, 0.15) is 5.82 Å². The molecule has 9 nitrogen and oxygen atoms in total. The molecular formula is C31H36F2N6O3S. The molecular weight excluding hydrogens is 574 g/mol. The van der Waals surface area contributed by atoms with Gasteiger partial charge in [-0.25, -0.2) is 31.9 Å². The van der Waals surface area contributed by atoms with Gasteiger partial charge >= 0.3 is 0 Å². The maximum atomic E-state index is 14.1. The van der Waals surface area contributed by atoms with Gasteiger partial charge in [0.15, 0.2) is 5.82 Å². The van der Waals surface area contributed by atoms with Crippen LogP contribution in [0.15, 0.2) is 65.6 Å². The van der Waals surface area contributed by atoms with Crippen LogP contribution >= 0.6 is 0 Å². The first-order chi connectivity index (χ1) is 20.9. The fourth-order valence-corrected chi connectivity index (χ4v) is 7.40. The SMILES string of the molecule is O=S(=O)(NC1CCC(CCCc2cc(-n3c(C(F)F)nc4ccccc43)nc(N3CCOCC3)n2)CC1)c1ccccc1. The summed E-state index contributed by atoms with van der Waals surface area (Å²) in [4.78, 5) is 16.1. The lowest BCUT2D eigenvalue weighted by atomic mass is 9.83. The quantitative estimate of drug-likeness (QED) is 0.255. The molecule has 2 aromatic heterocycles. The minimum atomic E-state index is -3.52. The van der Waals surface area contributed by atoms with Crippen LogP contribution in [0.5, 0.6) is 0 Å². The molecule has 12 heteroatoms. The maximum Gasteiger partial charge on any atom is 0.296 e. The van der Waals surface area contributed by atoms with Gasteiger partial charge in [-0.3, -0.25) is 4.57 Å². The van der Waals surface area contributed by atoms with Gasteiger partial charge in [-0.2, -0.15) is 4.98 Å². The Morgan fingerprint density at radius 1 is 0.930 bits per heavy atom. The van der Waals surface area contributed by atoms with E-state index in [4.69, 9.17) is 14.7 Å². The Balaban J connectivity index is 1.14. The number of anilines is 1. The van der Waals surface area contributed by atoms with Crippen LogP contribution in [0, 0.1) is 5.92 Å². The number of imidazole rings is 1. The third kappa shape index (κ3) is 6.86. The molecule has 3 heterocycles. The molecule has 1 saturated heterocycles. The summed E-state index contributed by atoms with van der Waals surface area (Å²) >= 11 is 0. The molecule has 43 heavy (non-hydrogen) atoms. The second-order valence-electron chi connectivity index (χ2n) is 11.3. The lowest BCUT2D eigenvalue weighted by Gasteiger charge is -2.29. The first-order valence-electron chi connectivity index (χ1n) is 14.9. The number of fused-ring (bicyclic) bond motifs is 1. The zero-order valence-corrected chi connectivity index (χ0v) is 24.7. The first kappa shape index (κ1) is 29.6. The van der Waals surface area contributed by atoms with Gasteiger partial charge in [-0.1, -0.05) is 36.8 Å². The Morgan fingerprint density at radius 3 is 2.40 bits per heavy atom. The molecule has 0 bridgehead atoms. The van der Waals surface area contributed by atoms with Crippen molar-refractivity contribution in [3.05, 3.63) is 72.2 Å². The zero-order chi connectivity index (χ0) is 29.8. The number of halogens is 2. The van der Waals surface area contributed by atoms with Crippen LogP contribution < -0.4 is 9.62 Å². The molecule has 0 spiro atoms. The second kappa shape index (κ2) is 13.0. The van der Waals surface area contributed by atoms with Crippen LogP contribution in [0.25, 0.3) is 16.9 Å². The molecule has 2 aromatic carbocycles. The van der Waals surface area contributed by atoms with E-state index in [1.54, 1.807) is 54.6 Å². The number of hydrogen-bond acceptors (Lipinski definition) is 7. The van der Waals surface area contributed by atoms with Gasteiger partial charge in [0.05, 0.1) is 29.1 Å². The summed E-state index contributed by atoms with van der Waals surface area (Å²) in [5.41, 5.74) is 1.87. The van der Waals surface area contributed by atoms with Gasteiger partial charge < -0.3 is 9.64 Å². The summed E-state index contributed by atoms with van der Waals surface area (Å²) in [5.74, 6) is 1.07. The third-order valence-electron chi connectivity index (χ3n) is 8.33. The summed E-state index contributed by atoms with van der Waals surface area (Å²) in [7, 11) is -3.52. The molecule has 4 aromatic rings. The Kier molecular flexibility index (Phi) is 8.96. The van der Waals surface area contributed by atoms with Gasteiger partial charge in [0.25, 0.3) is 6.43 Å². The number of aromatic nitrogens is 4. The smallest absolute Gasteiger partial charge is 0.296 e. The fraction of sp³-hybridized carbons (Fsp3) is 0.452. The van der Waals surface area contributed by atoms with Crippen molar-refractivity contribution in [2.45, 2.75) is 62.3 Å². The van der Waals surface area contributed by atoms with Crippen LogP contribution in [0.2, 0.25) is 0 Å². The molecule has 1 N–H and O–H groups in total. The van der Waals surface area contributed by atoms with E-state index in [-0.39, 0.29) is 11.9 Å². The maximum absolute atomic E-state index is 14.1. The fourth-order valence-electron chi connectivity index (χ4n) is 6.08. The number of nitrogens with one attached hydrogen (secondary N) is 1. The number of sulfonamides is 1. The number of benzene rings is 2. The number of para-hydroxylation sites is 2. The lowest BCUT2D eigenvalue weighted by molar-refractivity contribution is 0.122. The third-order valence-corrected chi connectivity index (χ3v) is 9.86. The minimum absolute atomic E-state index is 0.0593. The molecule has 2 aliphatic rings. The topological polar surface area (TPSA) is 102 Å². The standard InChI is InChI=1S/C31H36F2N6O3S/c32-29(33)30-35-26-11-4-5-12-27(26)39(30)28-21-24(34-31(36-28)38-17-19-42-20-18-38)8-6-7-22-13-15-23(16-14-22)37-43(40,41)25-9-2-1-3-10-25/h1-5,9-12,21-23,29,37H,6-8,13-20H2. The second-order valence-corrected chi connectivity index (χ2v) is 13.0. The molecule has 1 saturated carbocycles. The molecule has 1 aliphatic carbocycles. The molecule has 0 atom stereocenters. The van der Waals surface area contributed by atoms with Crippen molar-refractivity contribution < 1.29 is 21.9 Å². The summed E-state index contributed by atoms with van der Waals surface area (Å²) in [6.45, 7) is 2.38. The van der Waals surface area contributed by atoms with Gasteiger partial charge in [0, 0.05) is 30.9 Å². The average molecular weight is 611 g/mol. The first-order valence-corrected chi connectivity index (χ1v) is 16.4. The zero-order valence-electron chi connectivity index (χ0n) is 23.9. The number of rotatable bonds is 10. The molecule has 2 fully saturated rings. The highest BCUT2D eigenvalue weighted by atomic mass is 32.2. The normalized spacial score (nSPS) is 19.7. The molecule has 0 unspecified atom stereocenters. The molecule has 0 amide bonds. The summed E-state index contributed by atoms with van der Waals surface area (Å²) in [5, 5.41) is 0. The van der Waals surface area contributed by atoms with Gasteiger partial charge in [0.2, 0.25) is 16.0 Å². The highest BCUT2D eigenvalue weighted by Gasteiger charge is 2.26. The Bertz CT molecular complexity index is 1640. The van der Waals surface area contributed by atoms with Crippen LogP contribution in [0.4, 0.5) is 14.7 Å². The predicted molar refractivity (Wildman–Crippen MR) is 160 cm³/mol. The number of nitrogens with zero attached hydrogens (tertiary/aromatic N) is 5. The van der Waals surface area contributed by atoms with Crippen molar-refractivity contribution in [2.24, 2.45) is 5.92 Å². The number of ether oxygens (including phenoxy) is 1. The van der Waals surface area contributed by atoms with E-state index in [9.17, 15) is 17.2 Å². The molecule has 228 valence electrons. The highest BCUT2D eigenvalue weighted by molar-refractivity contribution is 7.89. The van der Waals surface area contributed by atoms with Gasteiger partial charge in [-0.05, 0) is 68.7 Å². The number of morpholine rings is 1. The van der Waals surface area contributed by atoms with Crippen LogP contribution in [-0.4, -0.2) is 60.3 Å². The molecule has 6 rings (SSSR count). The van der Waals surface area contributed by atoms with Crippen molar-refractivity contribution in [3.63, 3.8) is 0 Å². The van der Waals surface area contributed by atoms with Crippen molar-refractivity contribution in [1.29, 1.82) is 0 Å². The Labute approximate surface area is 250 Å². The minimum Gasteiger partial charge on any atom is -0.378 e. The summed E-state index contributed by atoms with van der Waals surface area (Å²) in [6, 6.07) is 17.3. The van der Waals surface area contributed by atoms with Crippen molar-refractivity contribution in [3.8, 4) is 5.82 Å². The van der Waals surface area contributed by atoms with E-state index < -0.39 is 16.4 Å². The van der Waals surface area contributed by atoms with E-state index >= 15 is 0 Å². The van der Waals surface area contributed by atoms with Crippen molar-refractivity contribution in [2.75, 3.05) is 31.2 Å². The lowest BCUT2D eigenvalue weighted by Crippen LogP contribution is -2.37. The summed E-state index contributed by atoms with van der Waals surface area (Å²) in [6.07, 6.45) is 3.31. The van der Waals surface area contributed by atoms with E-state index in [1.807, 2.05) is 11.0 Å². The Hall–Kier alpha value is -3.48. The van der Waals surface area contributed by atoms with Crippen LogP contribution in [0.3, 0.4) is 0 Å². The van der Waals surface area contributed by atoms with E-state index in [2.05, 4.69) is 9.71 Å².